The van der Waals surface area contributed by atoms with Gasteiger partial charge in [-0.15, -0.1) is 0 Å². The quantitative estimate of drug-likeness (QED) is 0.570. The first-order valence-electron chi connectivity index (χ1n) is 5.76. The van der Waals surface area contributed by atoms with E-state index in [1.54, 1.807) is 6.33 Å². The van der Waals surface area contributed by atoms with Crippen molar-refractivity contribution in [3.63, 3.8) is 0 Å². The number of thiol groups is 1. The number of aromatic nitrogens is 2. The summed E-state index contributed by atoms with van der Waals surface area (Å²) in [7, 11) is 0. The summed E-state index contributed by atoms with van der Waals surface area (Å²) in [6, 6.07) is 0. The first kappa shape index (κ1) is 14.3. The number of thioether (sulfide) groups is 1. The Hall–Kier alpha value is 0.260. The second-order valence-corrected chi connectivity index (χ2v) is 6.47. The molecule has 1 rings (SSSR count). The Morgan fingerprint density at radius 1 is 1.38 bits per heavy atom. The van der Waals surface area contributed by atoms with Crippen molar-refractivity contribution < 1.29 is 0 Å². The van der Waals surface area contributed by atoms with Gasteiger partial charge < -0.3 is 0 Å². The Morgan fingerprint density at radius 3 is 2.50 bits per heavy atom. The van der Waals surface area contributed by atoms with Crippen molar-refractivity contribution in [3.05, 3.63) is 6.33 Å². The molecular formula is C11H20N2S3. The zero-order valence-electron chi connectivity index (χ0n) is 9.98. The van der Waals surface area contributed by atoms with Gasteiger partial charge in [0.15, 0.2) is 4.34 Å². The van der Waals surface area contributed by atoms with Crippen LogP contribution in [0.15, 0.2) is 10.7 Å². The minimum atomic E-state index is 0.378. The average Bonchev–Trinajstić information content (AvgIpc) is 2.79. The molecule has 0 saturated heterocycles. The van der Waals surface area contributed by atoms with E-state index in [9.17, 15) is 0 Å². The van der Waals surface area contributed by atoms with Crippen molar-refractivity contribution in [1.82, 2.24) is 9.36 Å². The summed E-state index contributed by atoms with van der Waals surface area (Å²) in [6.45, 7) is 4.51. The Morgan fingerprint density at radius 2 is 2.06 bits per heavy atom. The molecule has 0 aliphatic rings. The molecule has 92 valence electrons. The molecule has 0 unspecified atom stereocenters. The number of nitrogens with zero attached hydrogens (tertiary/aromatic N) is 2. The fourth-order valence-electron chi connectivity index (χ4n) is 1.98. The van der Waals surface area contributed by atoms with E-state index >= 15 is 0 Å². The van der Waals surface area contributed by atoms with Gasteiger partial charge in [0.1, 0.15) is 6.33 Å². The molecule has 0 spiro atoms. The Kier molecular flexibility index (Phi) is 6.77. The van der Waals surface area contributed by atoms with Crippen LogP contribution in [-0.4, -0.2) is 20.9 Å². The molecule has 0 aliphatic carbocycles. The molecule has 0 aromatic carbocycles. The molecule has 0 amide bonds. The van der Waals surface area contributed by atoms with E-state index in [1.165, 1.54) is 37.2 Å². The lowest BCUT2D eigenvalue weighted by Gasteiger charge is -2.31. The summed E-state index contributed by atoms with van der Waals surface area (Å²) in [5.74, 6) is 2.09. The summed E-state index contributed by atoms with van der Waals surface area (Å²) < 4.78 is 5.11. The lowest BCUT2D eigenvalue weighted by atomic mass is 9.83. The van der Waals surface area contributed by atoms with Gasteiger partial charge in [-0.25, -0.2) is 4.98 Å². The monoisotopic (exact) mass is 276 g/mol. The van der Waals surface area contributed by atoms with Crippen molar-refractivity contribution in [2.45, 2.75) is 43.9 Å². The topological polar surface area (TPSA) is 25.8 Å². The fourth-order valence-corrected chi connectivity index (χ4v) is 4.29. The maximum Gasteiger partial charge on any atom is 0.169 e. The predicted octanol–water partition coefficient (Wildman–Crippen LogP) is 4.15. The molecule has 0 radical (unpaired) electrons. The summed E-state index contributed by atoms with van der Waals surface area (Å²) in [5.41, 5.74) is 0.378. The van der Waals surface area contributed by atoms with Gasteiger partial charge in [0.05, 0.1) is 0 Å². The molecule has 0 N–H and O–H groups in total. The van der Waals surface area contributed by atoms with Gasteiger partial charge >= 0.3 is 0 Å². The maximum atomic E-state index is 4.55. The average molecular weight is 276 g/mol. The third kappa shape index (κ3) is 4.26. The van der Waals surface area contributed by atoms with E-state index in [4.69, 9.17) is 0 Å². The van der Waals surface area contributed by atoms with Crippen molar-refractivity contribution in [2.75, 3.05) is 11.5 Å². The highest BCUT2D eigenvalue weighted by Gasteiger charge is 2.27. The largest absolute Gasteiger partial charge is 0.216 e. The summed E-state index contributed by atoms with van der Waals surface area (Å²) in [4.78, 5) is 4.22. The Bertz CT molecular complexity index is 269. The van der Waals surface area contributed by atoms with Crippen LogP contribution in [0.1, 0.15) is 39.5 Å². The molecular weight excluding hydrogens is 256 g/mol. The van der Waals surface area contributed by atoms with Gasteiger partial charge in [0.2, 0.25) is 0 Å². The van der Waals surface area contributed by atoms with Gasteiger partial charge in [0.25, 0.3) is 0 Å². The standard InChI is InChI=1S/C11H20N2S3/c1-3-5-11(7-14,6-4-2)8-15-10-12-9-13-16-10/h9,14H,3-8H2,1-2H3. The highest BCUT2D eigenvalue weighted by Crippen LogP contribution is 2.37. The van der Waals surface area contributed by atoms with Crippen molar-refractivity contribution >= 4 is 35.9 Å². The van der Waals surface area contributed by atoms with Gasteiger partial charge in [0, 0.05) is 5.75 Å². The van der Waals surface area contributed by atoms with E-state index in [0.29, 0.717) is 5.41 Å². The molecule has 0 saturated carbocycles. The van der Waals surface area contributed by atoms with Crippen molar-refractivity contribution in [2.24, 2.45) is 5.41 Å². The third-order valence-corrected chi connectivity index (χ3v) is 5.56. The van der Waals surface area contributed by atoms with Crippen LogP contribution in [0.25, 0.3) is 0 Å². The van der Waals surface area contributed by atoms with Crippen LogP contribution in [-0.2, 0) is 0 Å². The van der Waals surface area contributed by atoms with E-state index in [1.807, 2.05) is 11.8 Å². The van der Waals surface area contributed by atoms with Gasteiger partial charge in [-0.3, -0.25) is 0 Å². The summed E-state index contributed by atoms with van der Waals surface area (Å²) in [5, 5.41) is 0. The first-order valence-corrected chi connectivity index (χ1v) is 8.16. The Balaban J connectivity index is 2.54. The van der Waals surface area contributed by atoms with E-state index < -0.39 is 0 Å². The van der Waals surface area contributed by atoms with Gasteiger partial charge in [-0.2, -0.15) is 17.0 Å². The number of hydrogen-bond donors (Lipinski definition) is 1. The lowest BCUT2D eigenvalue weighted by molar-refractivity contribution is 0.318. The number of rotatable bonds is 8. The molecule has 2 nitrogen and oxygen atoms in total. The molecule has 16 heavy (non-hydrogen) atoms. The van der Waals surface area contributed by atoms with Crippen LogP contribution in [0.2, 0.25) is 0 Å². The molecule has 0 aliphatic heterocycles. The second-order valence-electron chi connectivity index (χ2n) is 4.15. The van der Waals surface area contributed by atoms with Crippen LogP contribution in [0, 0.1) is 5.41 Å². The maximum absolute atomic E-state index is 4.55. The molecule has 1 heterocycles. The van der Waals surface area contributed by atoms with Crippen molar-refractivity contribution in [3.8, 4) is 0 Å². The highest BCUT2D eigenvalue weighted by atomic mass is 32.2. The SMILES string of the molecule is CCCC(CS)(CCC)CSc1ncns1. The van der Waals surface area contributed by atoms with E-state index in [0.717, 1.165) is 15.8 Å². The van der Waals surface area contributed by atoms with Gasteiger partial charge in [-0.05, 0) is 35.5 Å². The molecule has 1 aromatic rings. The van der Waals surface area contributed by atoms with Crippen LogP contribution >= 0.6 is 35.9 Å². The highest BCUT2D eigenvalue weighted by molar-refractivity contribution is 8.01. The predicted molar refractivity (Wildman–Crippen MR) is 76.7 cm³/mol. The lowest BCUT2D eigenvalue weighted by Crippen LogP contribution is -2.25. The first-order chi connectivity index (χ1) is 7.76. The van der Waals surface area contributed by atoms with Crippen LogP contribution < -0.4 is 0 Å². The Labute approximate surface area is 112 Å². The molecule has 0 atom stereocenters. The zero-order valence-corrected chi connectivity index (χ0v) is 12.5. The minimum absolute atomic E-state index is 0.378. The van der Waals surface area contributed by atoms with Crippen molar-refractivity contribution in [1.29, 1.82) is 0 Å². The number of hydrogen-bond acceptors (Lipinski definition) is 5. The second kappa shape index (κ2) is 7.56. The molecule has 5 heteroatoms. The van der Waals surface area contributed by atoms with E-state index in [-0.39, 0.29) is 0 Å². The smallest absolute Gasteiger partial charge is 0.169 e. The fraction of sp³-hybridized carbons (Fsp3) is 0.818. The molecule has 1 aromatic heterocycles. The summed E-state index contributed by atoms with van der Waals surface area (Å²) in [6.07, 6.45) is 6.62. The van der Waals surface area contributed by atoms with Crippen LogP contribution in [0.3, 0.4) is 0 Å². The van der Waals surface area contributed by atoms with Crippen LogP contribution in [0.5, 0.6) is 0 Å². The summed E-state index contributed by atoms with van der Waals surface area (Å²) >= 11 is 7.88. The van der Waals surface area contributed by atoms with E-state index in [2.05, 4.69) is 35.8 Å². The molecule has 0 bridgehead atoms. The molecule has 0 fully saturated rings. The third-order valence-electron chi connectivity index (χ3n) is 2.74. The minimum Gasteiger partial charge on any atom is -0.216 e. The zero-order chi connectivity index (χ0) is 11.9. The normalized spacial score (nSPS) is 11.9. The van der Waals surface area contributed by atoms with Crippen LogP contribution in [0.4, 0.5) is 0 Å². The van der Waals surface area contributed by atoms with Gasteiger partial charge in [-0.1, -0.05) is 38.5 Å².